The molecule has 0 saturated carbocycles. The summed E-state index contributed by atoms with van der Waals surface area (Å²) in [5.41, 5.74) is 0.542. The van der Waals surface area contributed by atoms with Gasteiger partial charge in [0.25, 0.3) is 5.91 Å². The third-order valence-corrected chi connectivity index (χ3v) is 6.63. The van der Waals surface area contributed by atoms with Crippen molar-refractivity contribution in [3.05, 3.63) is 54.0 Å². The Bertz CT molecular complexity index is 1030. The Morgan fingerprint density at radius 1 is 1.17 bits per heavy atom. The number of nitrogens with zero attached hydrogens (tertiary/aromatic N) is 5. The zero-order valence-corrected chi connectivity index (χ0v) is 16.7. The Labute approximate surface area is 171 Å². The predicted molar refractivity (Wildman–Crippen MR) is 106 cm³/mol. The van der Waals surface area contributed by atoms with Gasteiger partial charge in [-0.1, -0.05) is 30.0 Å². The molecule has 1 aromatic carbocycles. The SMILES string of the molecule is CN1CCN(C(c2ccccc2F)C2Sc3nc(-c4ccco4)nn3C2=O)CC1. The summed E-state index contributed by atoms with van der Waals surface area (Å²) in [7, 11) is 2.07. The smallest absolute Gasteiger partial charge is 0.264 e. The molecule has 7 nitrogen and oxygen atoms in total. The van der Waals surface area contributed by atoms with Crippen molar-refractivity contribution in [3.63, 3.8) is 0 Å². The van der Waals surface area contributed by atoms with Crippen LogP contribution in [0, 0.1) is 5.82 Å². The number of carbonyl (C=O) groups excluding carboxylic acids is 1. The molecule has 0 radical (unpaired) electrons. The number of rotatable bonds is 4. The number of carbonyl (C=O) groups is 1. The number of hydrogen-bond acceptors (Lipinski definition) is 7. The van der Waals surface area contributed by atoms with Crippen LogP contribution in [-0.2, 0) is 0 Å². The Balaban J connectivity index is 1.48. The van der Waals surface area contributed by atoms with Gasteiger partial charge < -0.3 is 9.32 Å². The first kappa shape index (κ1) is 18.5. The van der Waals surface area contributed by atoms with Gasteiger partial charge in [-0.3, -0.25) is 9.69 Å². The number of hydrogen-bond donors (Lipinski definition) is 0. The summed E-state index contributed by atoms with van der Waals surface area (Å²) in [5.74, 6) is 0.425. The Morgan fingerprint density at radius 2 is 1.97 bits per heavy atom. The fourth-order valence-corrected chi connectivity index (χ4v) is 5.12. The summed E-state index contributed by atoms with van der Waals surface area (Å²) < 4.78 is 21.4. The van der Waals surface area contributed by atoms with E-state index in [2.05, 4.69) is 26.9 Å². The molecule has 0 spiro atoms. The molecule has 150 valence electrons. The summed E-state index contributed by atoms with van der Waals surface area (Å²) >= 11 is 1.34. The van der Waals surface area contributed by atoms with Gasteiger partial charge in [0.15, 0.2) is 10.9 Å². The molecule has 3 aromatic rings. The van der Waals surface area contributed by atoms with Gasteiger partial charge in [0.1, 0.15) is 11.1 Å². The predicted octanol–water partition coefficient (Wildman–Crippen LogP) is 2.78. The van der Waals surface area contributed by atoms with E-state index in [9.17, 15) is 9.18 Å². The molecule has 0 aliphatic carbocycles. The number of fused-ring (bicyclic) bond motifs is 1. The first-order valence-corrected chi connectivity index (χ1v) is 10.4. The van der Waals surface area contributed by atoms with Gasteiger partial charge in [0.05, 0.1) is 12.3 Å². The van der Waals surface area contributed by atoms with E-state index in [1.165, 1.54) is 22.5 Å². The van der Waals surface area contributed by atoms with E-state index in [4.69, 9.17) is 4.42 Å². The van der Waals surface area contributed by atoms with E-state index < -0.39 is 5.25 Å². The lowest BCUT2D eigenvalue weighted by molar-refractivity contribution is 0.0762. The number of furan rings is 1. The summed E-state index contributed by atoms with van der Waals surface area (Å²) in [4.78, 5) is 22.2. The molecule has 2 unspecified atom stereocenters. The van der Waals surface area contributed by atoms with Crippen LogP contribution < -0.4 is 0 Å². The molecule has 2 aromatic heterocycles. The van der Waals surface area contributed by atoms with E-state index in [-0.39, 0.29) is 17.8 Å². The highest BCUT2D eigenvalue weighted by Gasteiger charge is 2.44. The molecule has 2 aliphatic heterocycles. The summed E-state index contributed by atoms with van der Waals surface area (Å²) in [6.07, 6.45) is 1.54. The molecule has 1 fully saturated rings. The number of aromatic nitrogens is 3. The van der Waals surface area contributed by atoms with Gasteiger partial charge in [0.2, 0.25) is 5.82 Å². The number of thioether (sulfide) groups is 1. The van der Waals surface area contributed by atoms with Gasteiger partial charge in [0, 0.05) is 31.7 Å². The topological polar surface area (TPSA) is 67.4 Å². The summed E-state index contributed by atoms with van der Waals surface area (Å²) in [5, 5.41) is 4.35. The van der Waals surface area contributed by atoms with Crippen LogP contribution >= 0.6 is 11.8 Å². The molecule has 0 N–H and O–H groups in total. The van der Waals surface area contributed by atoms with Crippen molar-refractivity contribution < 1.29 is 13.6 Å². The van der Waals surface area contributed by atoms with Gasteiger partial charge in [-0.15, -0.1) is 5.10 Å². The van der Waals surface area contributed by atoms with Crippen LogP contribution in [0.1, 0.15) is 16.4 Å². The monoisotopic (exact) mass is 413 g/mol. The maximum absolute atomic E-state index is 14.7. The van der Waals surface area contributed by atoms with Crippen LogP contribution in [0.15, 0.2) is 52.2 Å². The maximum Gasteiger partial charge on any atom is 0.264 e. The maximum atomic E-state index is 14.7. The molecule has 5 rings (SSSR count). The van der Waals surface area contributed by atoms with Gasteiger partial charge in [-0.25, -0.2) is 4.39 Å². The minimum Gasteiger partial charge on any atom is -0.461 e. The third kappa shape index (κ3) is 3.29. The molecular formula is C20H20FN5O2S. The minimum atomic E-state index is -0.504. The van der Waals surface area contributed by atoms with E-state index in [0.717, 1.165) is 26.2 Å². The van der Waals surface area contributed by atoms with Gasteiger partial charge in [-0.2, -0.15) is 9.67 Å². The Morgan fingerprint density at radius 3 is 2.66 bits per heavy atom. The van der Waals surface area contributed by atoms with Crippen molar-refractivity contribution in [2.24, 2.45) is 0 Å². The van der Waals surface area contributed by atoms with Crippen molar-refractivity contribution in [1.29, 1.82) is 0 Å². The molecule has 4 heterocycles. The van der Waals surface area contributed by atoms with Crippen molar-refractivity contribution in [2.45, 2.75) is 16.4 Å². The molecule has 1 saturated heterocycles. The second-order valence-corrected chi connectivity index (χ2v) is 8.40. The quantitative estimate of drug-likeness (QED) is 0.652. The van der Waals surface area contributed by atoms with Crippen LogP contribution in [0.2, 0.25) is 0 Å². The van der Waals surface area contributed by atoms with E-state index in [1.807, 2.05) is 6.07 Å². The van der Waals surface area contributed by atoms with Gasteiger partial charge in [-0.05, 0) is 25.2 Å². The highest BCUT2D eigenvalue weighted by molar-refractivity contribution is 8.00. The normalized spacial score (nSPS) is 21.4. The molecule has 29 heavy (non-hydrogen) atoms. The van der Waals surface area contributed by atoms with Crippen molar-refractivity contribution in [3.8, 4) is 11.6 Å². The van der Waals surface area contributed by atoms with Crippen LogP contribution in [-0.4, -0.2) is 68.9 Å². The van der Waals surface area contributed by atoms with Crippen LogP contribution in [0.3, 0.4) is 0 Å². The summed E-state index contributed by atoms with van der Waals surface area (Å²) in [6.45, 7) is 3.30. The van der Waals surface area contributed by atoms with E-state index >= 15 is 0 Å². The minimum absolute atomic E-state index is 0.178. The molecule has 0 amide bonds. The first-order chi connectivity index (χ1) is 14.1. The van der Waals surface area contributed by atoms with Crippen molar-refractivity contribution >= 4 is 17.7 Å². The largest absolute Gasteiger partial charge is 0.461 e. The third-order valence-electron chi connectivity index (χ3n) is 5.45. The average Bonchev–Trinajstić information content (AvgIpc) is 3.44. The molecule has 2 aliphatic rings. The first-order valence-electron chi connectivity index (χ1n) is 9.50. The van der Waals surface area contributed by atoms with Crippen molar-refractivity contribution in [2.75, 3.05) is 33.2 Å². The van der Waals surface area contributed by atoms with Crippen LogP contribution in [0.5, 0.6) is 0 Å². The number of piperazine rings is 1. The highest BCUT2D eigenvalue weighted by atomic mass is 32.2. The van der Waals surface area contributed by atoms with Crippen LogP contribution in [0.4, 0.5) is 4.39 Å². The second kappa shape index (κ2) is 7.40. The fraction of sp³-hybridized carbons (Fsp3) is 0.350. The number of likely N-dealkylation sites (N-methyl/N-ethyl adjacent to an activating group) is 1. The highest BCUT2D eigenvalue weighted by Crippen LogP contribution is 2.42. The molecule has 2 atom stereocenters. The Hall–Kier alpha value is -2.49. The number of halogens is 1. The lowest BCUT2D eigenvalue weighted by Gasteiger charge is -2.39. The average molecular weight is 413 g/mol. The lowest BCUT2D eigenvalue weighted by Crippen LogP contribution is -2.49. The van der Waals surface area contributed by atoms with Gasteiger partial charge >= 0.3 is 0 Å². The Kier molecular flexibility index (Phi) is 4.73. The fourth-order valence-electron chi connectivity index (χ4n) is 3.88. The second-order valence-electron chi connectivity index (χ2n) is 7.29. The lowest BCUT2D eigenvalue weighted by atomic mass is 9.99. The molecular weight excluding hydrogens is 393 g/mol. The summed E-state index contributed by atoms with van der Waals surface area (Å²) in [6, 6.07) is 9.84. The van der Waals surface area contributed by atoms with E-state index in [0.29, 0.717) is 22.3 Å². The standard InChI is InChI=1S/C20H20FN5O2S/c1-24-8-10-25(11-9-24)16(13-5-2-3-6-14(13)21)17-19(27)26-20(29-17)22-18(23-26)15-7-4-12-28-15/h2-7,12,16-17H,8-11H2,1H3. The van der Waals surface area contributed by atoms with E-state index in [1.54, 1.807) is 30.5 Å². The zero-order valence-electron chi connectivity index (χ0n) is 15.9. The molecule has 0 bridgehead atoms. The van der Waals surface area contributed by atoms with Crippen LogP contribution in [0.25, 0.3) is 11.6 Å². The molecule has 9 heteroatoms. The van der Waals surface area contributed by atoms with Crippen molar-refractivity contribution in [1.82, 2.24) is 24.6 Å². The zero-order chi connectivity index (χ0) is 20.0. The number of benzene rings is 1.